The van der Waals surface area contributed by atoms with Crippen LogP contribution in [-0.4, -0.2) is 55.1 Å². The van der Waals surface area contributed by atoms with E-state index in [0.29, 0.717) is 32.9 Å². The molecular formula is C13H21NO4. The molecule has 0 saturated carbocycles. The van der Waals surface area contributed by atoms with Gasteiger partial charge >= 0.3 is 0 Å². The Morgan fingerprint density at radius 3 is 2.22 bits per heavy atom. The van der Waals surface area contributed by atoms with E-state index in [9.17, 15) is 4.79 Å². The topological polar surface area (TPSA) is 48.0 Å². The summed E-state index contributed by atoms with van der Waals surface area (Å²) in [7, 11) is 0. The zero-order valence-corrected chi connectivity index (χ0v) is 10.9. The average molecular weight is 255 g/mol. The minimum absolute atomic E-state index is 0.132. The van der Waals surface area contributed by atoms with Gasteiger partial charge in [0.15, 0.2) is 5.79 Å². The SMILES string of the molecule is CC1(C(=O)N2CCC3(CC2)OCCO3)CCCO1. The Hall–Kier alpha value is -0.650. The fourth-order valence-electron chi connectivity index (χ4n) is 3.12. The minimum atomic E-state index is -0.595. The number of carbonyl (C=O) groups excluding carboxylic acids is 1. The molecule has 1 unspecified atom stereocenters. The molecule has 3 fully saturated rings. The molecule has 3 heterocycles. The van der Waals surface area contributed by atoms with Gasteiger partial charge in [-0.15, -0.1) is 0 Å². The van der Waals surface area contributed by atoms with Crippen LogP contribution in [-0.2, 0) is 19.0 Å². The van der Waals surface area contributed by atoms with E-state index in [4.69, 9.17) is 14.2 Å². The summed E-state index contributed by atoms with van der Waals surface area (Å²) in [6.45, 7) is 5.38. The normalized spacial score (nSPS) is 35.3. The first kappa shape index (κ1) is 12.4. The number of piperidine rings is 1. The van der Waals surface area contributed by atoms with Crippen molar-refractivity contribution in [2.75, 3.05) is 32.9 Å². The molecular weight excluding hydrogens is 234 g/mol. The molecule has 3 rings (SSSR count). The van der Waals surface area contributed by atoms with Crippen molar-refractivity contribution in [3.63, 3.8) is 0 Å². The molecule has 1 atom stereocenters. The van der Waals surface area contributed by atoms with Gasteiger partial charge in [-0.25, -0.2) is 0 Å². The molecule has 1 amide bonds. The van der Waals surface area contributed by atoms with Crippen molar-refractivity contribution in [3.8, 4) is 0 Å². The summed E-state index contributed by atoms with van der Waals surface area (Å²) < 4.78 is 17.0. The number of likely N-dealkylation sites (tertiary alicyclic amines) is 1. The predicted molar refractivity (Wildman–Crippen MR) is 64.0 cm³/mol. The minimum Gasteiger partial charge on any atom is -0.365 e. The fourth-order valence-corrected chi connectivity index (χ4v) is 3.12. The second-order valence-corrected chi connectivity index (χ2v) is 5.58. The summed E-state index contributed by atoms with van der Waals surface area (Å²) in [5.41, 5.74) is -0.595. The maximum absolute atomic E-state index is 12.4. The molecule has 0 radical (unpaired) electrons. The number of carbonyl (C=O) groups is 1. The number of rotatable bonds is 1. The molecule has 0 aromatic heterocycles. The van der Waals surface area contributed by atoms with Crippen LogP contribution in [0.3, 0.4) is 0 Å². The van der Waals surface area contributed by atoms with Crippen molar-refractivity contribution in [2.45, 2.75) is 44.0 Å². The molecule has 0 N–H and O–H groups in total. The van der Waals surface area contributed by atoms with Crippen LogP contribution >= 0.6 is 0 Å². The summed E-state index contributed by atoms with van der Waals surface area (Å²) in [6, 6.07) is 0. The Morgan fingerprint density at radius 2 is 1.67 bits per heavy atom. The molecule has 5 nitrogen and oxygen atoms in total. The number of nitrogens with zero attached hydrogens (tertiary/aromatic N) is 1. The van der Waals surface area contributed by atoms with E-state index in [0.717, 1.165) is 25.7 Å². The summed E-state index contributed by atoms with van der Waals surface area (Å²) in [5.74, 6) is -0.276. The van der Waals surface area contributed by atoms with E-state index in [2.05, 4.69) is 0 Å². The molecule has 3 aliphatic rings. The Bertz CT molecular complexity index is 322. The fraction of sp³-hybridized carbons (Fsp3) is 0.923. The Kier molecular flexibility index (Phi) is 3.08. The Balaban J connectivity index is 1.60. The zero-order chi connectivity index (χ0) is 12.6. The van der Waals surface area contributed by atoms with E-state index < -0.39 is 11.4 Å². The van der Waals surface area contributed by atoms with Gasteiger partial charge in [0.05, 0.1) is 13.2 Å². The van der Waals surface area contributed by atoms with E-state index >= 15 is 0 Å². The molecule has 3 saturated heterocycles. The highest BCUT2D eigenvalue weighted by atomic mass is 16.7. The molecule has 1 spiro atoms. The number of hydrogen-bond acceptors (Lipinski definition) is 4. The highest BCUT2D eigenvalue weighted by Crippen LogP contribution is 2.34. The maximum atomic E-state index is 12.4. The molecule has 0 aromatic carbocycles. The van der Waals surface area contributed by atoms with Crippen LogP contribution in [0.25, 0.3) is 0 Å². The van der Waals surface area contributed by atoms with Crippen LogP contribution < -0.4 is 0 Å². The van der Waals surface area contributed by atoms with E-state index in [-0.39, 0.29) is 5.91 Å². The van der Waals surface area contributed by atoms with Crippen molar-refractivity contribution in [1.29, 1.82) is 0 Å². The first-order chi connectivity index (χ1) is 8.64. The predicted octanol–water partition coefficient (Wildman–Crippen LogP) is 0.921. The van der Waals surface area contributed by atoms with Crippen molar-refractivity contribution in [3.05, 3.63) is 0 Å². The molecule has 0 bridgehead atoms. The van der Waals surface area contributed by atoms with Crippen molar-refractivity contribution < 1.29 is 19.0 Å². The molecule has 5 heteroatoms. The first-order valence-corrected chi connectivity index (χ1v) is 6.85. The summed E-state index contributed by atoms with van der Waals surface area (Å²) in [4.78, 5) is 14.3. The second-order valence-electron chi connectivity index (χ2n) is 5.58. The highest BCUT2D eigenvalue weighted by molar-refractivity contribution is 5.85. The van der Waals surface area contributed by atoms with Crippen molar-refractivity contribution in [1.82, 2.24) is 4.90 Å². The monoisotopic (exact) mass is 255 g/mol. The summed E-state index contributed by atoms with van der Waals surface area (Å²) in [6.07, 6.45) is 3.36. The van der Waals surface area contributed by atoms with Gasteiger partial charge < -0.3 is 19.1 Å². The van der Waals surface area contributed by atoms with Crippen molar-refractivity contribution in [2.24, 2.45) is 0 Å². The number of amides is 1. The second kappa shape index (κ2) is 4.47. The van der Waals surface area contributed by atoms with Gasteiger partial charge in [0.25, 0.3) is 5.91 Å². The maximum Gasteiger partial charge on any atom is 0.254 e. The molecule has 18 heavy (non-hydrogen) atoms. The van der Waals surface area contributed by atoms with Gasteiger partial charge in [0, 0.05) is 32.5 Å². The van der Waals surface area contributed by atoms with Crippen molar-refractivity contribution >= 4 is 5.91 Å². The molecule has 0 aliphatic carbocycles. The average Bonchev–Trinajstić information content (AvgIpc) is 3.01. The summed E-state index contributed by atoms with van der Waals surface area (Å²) in [5, 5.41) is 0. The number of hydrogen-bond donors (Lipinski definition) is 0. The van der Waals surface area contributed by atoms with Crippen LogP contribution in [0.2, 0.25) is 0 Å². The third-order valence-corrected chi connectivity index (χ3v) is 4.30. The third-order valence-electron chi connectivity index (χ3n) is 4.30. The van der Waals surface area contributed by atoms with E-state index in [1.165, 1.54) is 0 Å². The molecule has 102 valence electrons. The number of ether oxygens (including phenoxy) is 3. The third kappa shape index (κ3) is 2.04. The lowest BCUT2D eigenvalue weighted by atomic mass is 9.97. The zero-order valence-electron chi connectivity index (χ0n) is 10.9. The quantitative estimate of drug-likeness (QED) is 0.699. The largest absolute Gasteiger partial charge is 0.365 e. The standard InChI is InChI=1S/C13H21NO4/c1-12(3-2-8-16-12)11(15)14-6-4-13(5-7-14)17-9-10-18-13/h2-10H2,1H3. The van der Waals surface area contributed by atoms with E-state index in [1.54, 1.807) is 0 Å². The lowest BCUT2D eigenvalue weighted by Gasteiger charge is -2.40. The molecule has 3 aliphatic heterocycles. The van der Waals surface area contributed by atoms with Gasteiger partial charge in [0.2, 0.25) is 0 Å². The van der Waals surface area contributed by atoms with Gasteiger partial charge in [0.1, 0.15) is 5.60 Å². The van der Waals surface area contributed by atoms with Crippen LogP contribution in [0.5, 0.6) is 0 Å². The highest BCUT2D eigenvalue weighted by Gasteiger charge is 2.45. The lowest BCUT2D eigenvalue weighted by Crippen LogP contribution is -2.53. The smallest absolute Gasteiger partial charge is 0.254 e. The van der Waals surface area contributed by atoms with Gasteiger partial charge in [-0.2, -0.15) is 0 Å². The van der Waals surface area contributed by atoms with Crippen LogP contribution in [0.15, 0.2) is 0 Å². The lowest BCUT2D eigenvalue weighted by molar-refractivity contribution is -0.192. The summed E-state index contributed by atoms with van der Waals surface area (Å²) >= 11 is 0. The first-order valence-electron chi connectivity index (χ1n) is 6.85. The Morgan fingerprint density at radius 1 is 1.00 bits per heavy atom. The molecule has 0 aromatic rings. The van der Waals surface area contributed by atoms with Gasteiger partial charge in [-0.1, -0.05) is 0 Å². The van der Waals surface area contributed by atoms with E-state index in [1.807, 2.05) is 11.8 Å². The van der Waals surface area contributed by atoms with Gasteiger partial charge in [-0.05, 0) is 19.8 Å². The van der Waals surface area contributed by atoms with Crippen LogP contribution in [0.1, 0.15) is 32.6 Å². The van der Waals surface area contributed by atoms with Crippen LogP contribution in [0, 0.1) is 0 Å². The van der Waals surface area contributed by atoms with Gasteiger partial charge in [-0.3, -0.25) is 4.79 Å². The Labute approximate surface area is 107 Å². The van der Waals surface area contributed by atoms with Crippen LogP contribution in [0.4, 0.5) is 0 Å².